The van der Waals surface area contributed by atoms with Gasteiger partial charge in [0.15, 0.2) is 0 Å². The van der Waals surface area contributed by atoms with Crippen LogP contribution in [0.1, 0.15) is 194 Å². The molecule has 518 valence electrons. The molecule has 6 aromatic rings. The van der Waals surface area contributed by atoms with Crippen molar-refractivity contribution in [1.82, 2.24) is 92.5 Å². The van der Waals surface area contributed by atoms with Crippen molar-refractivity contribution in [2.75, 3.05) is 98.2 Å². The van der Waals surface area contributed by atoms with Crippen LogP contribution in [0.15, 0.2) is 109 Å². The van der Waals surface area contributed by atoms with Gasteiger partial charge in [-0.1, -0.05) is 43.3 Å². The van der Waals surface area contributed by atoms with Gasteiger partial charge in [-0.15, -0.1) is 0 Å². The summed E-state index contributed by atoms with van der Waals surface area (Å²) >= 11 is 0. The third-order valence-electron chi connectivity index (χ3n) is 15.2. The molecule has 0 aliphatic rings. The second-order valence-electron chi connectivity index (χ2n) is 22.3. The van der Waals surface area contributed by atoms with Crippen molar-refractivity contribution in [3.63, 3.8) is 0 Å². The molecule has 0 aliphatic heterocycles. The first-order valence-corrected chi connectivity index (χ1v) is 32.4. The molecule has 0 spiro atoms. The Morgan fingerprint density at radius 1 is 0.265 bits per heavy atom. The standard InChI is InChI=1S/C68H84N18O12/c1-8-84(9-2)65(96)53-32-17-29-47(81-53)59(90)72-38-20-35-69-56(87)44-23-14-26-50(78-44)62(93)75-41-68(7,42-76-63(94)51-27-15-24-45(79-51)57(88)70-36-21-39-73-60(91)48-30-18-33-54(82-48)66(97)85(10-3)11-4)43-77-64(95)52-28-16-25-46(80-52)58(89)71-37-22-40-74-61(92)49-31-19-34-55(83-49)67(98)86(12-5)13-6/h14-19,23-34H,8-13,20-22,35-43H2,1-7H3,(H,69,87)(H,70,88)(H,71,89)(H,72,90)(H,73,91)(H,74,92)(H,75,93)(H,76,94)(H,77,95). The summed E-state index contributed by atoms with van der Waals surface area (Å²) in [5, 5.41) is 24.7. The van der Waals surface area contributed by atoms with Crippen molar-refractivity contribution in [2.24, 2.45) is 5.41 Å². The van der Waals surface area contributed by atoms with Gasteiger partial charge in [-0.3, -0.25) is 57.5 Å². The quantitative estimate of drug-likeness (QED) is 0.0255. The lowest BCUT2D eigenvalue weighted by Crippen LogP contribution is -2.50. The van der Waals surface area contributed by atoms with Crippen molar-refractivity contribution in [2.45, 2.75) is 67.7 Å². The van der Waals surface area contributed by atoms with Crippen LogP contribution < -0.4 is 47.9 Å². The summed E-state index contributed by atoms with van der Waals surface area (Å²) in [4.78, 5) is 188. The lowest BCUT2D eigenvalue weighted by molar-refractivity contribution is 0.0758. The van der Waals surface area contributed by atoms with Crippen LogP contribution in [0.5, 0.6) is 0 Å². The highest BCUT2D eigenvalue weighted by atomic mass is 16.2. The van der Waals surface area contributed by atoms with Crippen molar-refractivity contribution in [3.8, 4) is 0 Å². The van der Waals surface area contributed by atoms with E-state index in [4.69, 9.17) is 0 Å². The number of pyridine rings is 6. The summed E-state index contributed by atoms with van der Waals surface area (Å²) in [6.45, 7) is 15.8. The molecule has 6 aromatic heterocycles. The Morgan fingerprint density at radius 3 is 0.592 bits per heavy atom. The van der Waals surface area contributed by atoms with E-state index in [9.17, 15) is 57.5 Å². The molecular weight excluding hydrogens is 1260 g/mol. The van der Waals surface area contributed by atoms with E-state index in [0.717, 1.165) is 0 Å². The molecule has 0 fully saturated rings. The number of carbonyl (C=O) groups excluding carboxylic acids is 12. The highest BCUT2D eigenvalue weighted by molar-refractivity contribution is 6.00. The topological polar surface area (TPSA) is 400 Å². The average Bonchev–Trinajstić information content (AvgIpc) is 0.897. The summed E-state index contributed by atoms with van der Waals surface area (Å²) in [6, 6.07) is 26.6. The monoisotopic (exact) mass is 1340 g/mol. The van der Waals surface area contributed by atoms with Gasteiger partial charge in [-0.05, 0) is 134 Å². The number of carbonyl (C=O) groups is 12. The molecule has 0 saturated heterocycles. The predicted molar refractivity (Wildman–Crippen MR) is 360 cm³/mol. The zero-order valence-corrected chi connectivity index (χ0v) is 56.0. The molecule has 0 saturated carbocycles. The number of amides is 12. The van der Waals surface area contributed by atoms with Crippen LogP contribution >= 0.6 is 0 Å². The van der Waals surface area contributed by atoms with E-state index in [0.29, 0.717) is 58.5 Å². The van der Waals surface area contributed by atoms with E-state index in [2.05, 4.69) is 77.8 Å². The predicted octanol–water partition coefficient (Wildman–Crippen LogP) is 2.75. The summed E-state index contributed by atoms with van der Waals surface area (Å²) in [7, 11) is 0. The fourth-order valence-corrected chi connectivity index (χ4v) is 9.48. The molecular formula is C68H84N18O12. The number of aromatic nitrogens is 6. The van der Waals surface area contributed by atoms with Crippen LogP contribution in [0.4, 0.5) is 0 Å². The third-order valence-corrected chi connectivity index (χ3v) is 15.2. The van der Waals surface area contributed by atoms with E-state index in [-0.39, 0.29) is 145 Å². The van der Waals surface area contributed by atoms with E-state index in [1.807, 2.05) is 41.5 Å². The molecule has 0 aromatic carbocycles. The van der Waals surface area contributed by atoms with E-state index in [1.165, 1.54) is 91.0 Å². The normalized spacial score (nSPS) is 10.8. The lowest BCUT2D eigenvalue weighted by atomic mass is 9.89. The Balaban J connectivity index is 1.05. The van der Waals surface area contributed by atoms with E-state index >= 15 is 0 Å². The van der Waals surface area contributed by atoms with Crippen LogP contribution in [-0.2, 0) is 0 Å². The second-order valence-corrected chi connectivity index (χ2v) is 22.3. The number of nitrogens with one attached hydrogen (secondary N) is 9. The van der Waals surface area contributed by atoms with E-state index < -0.39 is 58.6 Å². The molecule has 9 N–H and O–H groups in total. The Bertz CT molecular complexity index is 3450. The first kappa shape index (κ1) is 75.6. The molecule has 6 rings (SSSR count). The molecule has 98 heavy (non-hydrogen) atoms. The molecule has 6 heterocycles. The summed E-state index contributed by atoms with van der Waals surface area (Å²) in [5.74, 6) is -6.37. The van der Waals surface area contributed by atoms with Crippen molar-refractivity contribution in [1.29, 1.82) is 0 Å². The van der Waals surface area contributed by atoms with Gasteiger partial charge in [0.1, 0.15) is 68.3 Å². The molecule has 0 aliphatic carbocycles. The number of nitrogens with zero attached hydrogens (tertiary/aromatic N) is 9. The minimum absolute atomic E-state index is 0.0601. The van der Waals surface area contributed by atoms with Crippen molar-refractivity contribution in [3.05, 3.63) is 178 Å². The molecule has 30 heteroatoms. The van der Waals surface area contributed by atoms with Crippen LogP contribution in [0, 0.1) is 5.41 Å². The number of hydrogen-bond acceptors (Lipinski definition) is 18. The van der Waals surface area contributed by atoms with Crippen LogP contribution in [0.3, 0.4) is 0 Å². The number of rotatable bonds is 36. The maximum Gasteiger partial charge on any atom is 0.272 e. The van der Waals surface area contributed by atoms with Gasteiger partial charge < -0.3 is 62.6 Å². The smallest absolute Gasteiger partial charge is 0.272 e. The van der Waals surface area contributed by atoms with Gasteiger partial charge >= 0.3 is 0 Å². The Labute approximate surface area is 567 Å². The highest BCUT2D eigenvalue weighted by Gasteiger charge is 2.30. The molecule has 0 unspecified atom stereocenters. The maximum atomic E-state index is 13.8. The first-order chi connectivity index (χ1) is 47.2. The van der Waals surface area contributed by atoms with E-state index in [1.54, 1.807) is 39.8 Å². The third kappa shape index (κ3) is 22.3. The van der Waals surface area contributed by atoms with Gasteiger partial charge in [0.05, 0.1) is 0 Å². The Kier molecular flexibility index (Phi) is 29.4. The Morgan fingerprint density at radius 2 is 0.418 bits per heavy atom. The molecule has 0 radical (unpaired) electrons. The fraction of sp³-hybridized carbons (Fsp3) is 0.382. The maximum absolute atomic E-state index is 13.8. The molecule has 0 atom stereocenters. The summed E-state index contributed by atoms with van der Waals surface area (Å²) in [6.07, 6.45) is 0.924. The van der Waals surface area contributed by atoms with Gasteiger partial charge in [-0.2, -0.15) is 0 Å². The minimum Gasteiger partial charge on any atom is -0.351 e. The van der Waals surface area contributed by atoms with Crippen molar-refractivity contribution >= 4 is 70.9 Å². The zero-order valence-electron chi connectivity index (χ0n) is 56.0. The number of hydrogen-bond donors (Lipinski definition) is 9. The van der Waals surface area contributed by atoms with Gasteiger partial charge in [0.25, 0.3) is 70.9 Å². The highest BCUT2D eigenvalue weighted by Crippen LogP contribution is 2.16. The molecule has 12 amide bonds. The summed E-state index contributed by atoms with van der Waals surface area (Å²) in [5.41, 5.74) is -1.31. The van der Waals surface area contributed by atoms with Crippen molar-refractivity contribution < 1.29 is 57.5 Å². The van der Waals surface area contributed by atoms with Gasteiger partial charge in [0.2, 0.25) is 0 Å². The molecule has 30 nitrogen and oxygen atoms in total. The largest absolute Gasteiger partial charge is 0.351 e. The van der Waals surface area contributed by atoms with Gasteiger partial charge in [-0.25, -0.2) is 29.9 Å². The van der Waals surface area contributed by atoms with Crippen LogP contribution in [0.25, 0.3) is 0 Å². The van der Waals surface area contributed by atoms with Crippen LogP contribution in [0.2, 0.25) is 0 Å². The fourth-order valence-electron chi connectivity index (χ4n) is 9.48. The Hall–Kier alpha value is -11.5. The average molecular weight is 1350 g/mol. The lowest BCUT2D eigenvalue weighted by Gasteiger charge is -2.30. The SMILES string of the molecule is CCN(CC)C(=O)c1cccc(C(=O)NCCCNC(=O)c2cccc(C(=O)NCC(C)(CNC(=O)c3cccc(C(=O)NCCCNC(=O)c4cccc(C(=O)N(CC)CC)n4)n3)CNC(=O)c3cccc(C(=O)NCCCNC(=O)c4cccc(C(=O)N(CC)CC)n4)n3)n2)n1. The first-order valence-electron chi connectivity index (χ1n) is 32.4. The molecule has 0 bridgehead atoms. The summed E-state index contributed by atoms with van der Waals surface area (Å²) < 4.78 is 0. The minimum atomic E-state index is -1.20. The van der Waals surface area contributed by atoms with Gasteiger partial charge in [0, 0.05) is 104 Å². The van der Waals surface area contributed by atoms with Crippen LogP contribution in [-0.4, -0.2) is 214 Å². The second kappa shape index (κ2) is 38.2. The zero-order chi connectivity index (χ0) is 71.2.